The Morgan fingerprint density at radius 1 is 1.15 bits per heavy atom. The maximum absolute atomic E-state index is 14.4. The van der Waals surface area contributed by atoms with Gasteiger partial charge in [0.15, 0.2) is 5.69 Å². The van der Waals surface area contributed by atoms with Gasteiger partial charge in [-0.25, -0.2) is 22.5 Å². The minimum absolute atomic E-state index is 0.143. The summed E-state index contributed by atoms with van der Waals surface area (Å²) in [5.41, 5.74) is -5.46. The van der Waals surface area contributed by atoms with Gasteiger partial charge >= 0.3 is 12.3 Å². The fourth-order valence-corrected chi connectivity index (χ4v) is 3.42. The maximum Gasteiger partial charge on any atom is 0.352 e. The van der Waals surface area contributed by atoms with Crippen molar-refractivity contribution in [1.82, 2.24) is 9.55 Å². The summed E-state index contributed by atoms with van der Waals surface area (Å²) in [7, 11) is 0. The van der Waals surface area contributed by atoms with Crippen LogP contribution >= 0.6 is 11.6 Å². The van der Waals surface area contributed by atoms with Gasteiger partial charge in [0.25, 0.3) is 12.0 Å². The van der Waals surface area contributed by atoms with Crippen LogP contribution < -0.4 is 19.8 Å². The van der Waals surface area contributed by atoms with Crippen molar-refractivity contribution >= 4 is 11.6 Å². The molecule has 0 fully saturated rings. The number of nitriles is 2. The fourth-order valence-electron chi connectivity index (χ4n) is 3.23. The molecule has 40 heavy (non-hydrogen) atoms. The van der Waals surface area contributed by atoms with Crippen LogP contribution in [0.25, 0.3) is 0 Å². The topological polar surface area (TPSA) is 148 Å². The monoisotopic (exact) mass is 589 g/mol. The van der Waals surface area contributed by atoms with E-state index in [0.29, 0.717) is 23.0 Å². The van der Waals surface area contributed by atoms with Crippen LogP contribution in [-0.4, -0.2) is 34.3 Å². The highest BCUT2D eigenvalue weighted by molar-refractivity contribution is 6.33. The molecule has 0 atom stereocenters. The van der Waals surface area contributed by atoms with Crippen LogP contribution in [0, 0.1) is 27.9 Å². The van der Waals surface area contributed by atoms with Gasteiger partial charge in [0, 0.05) is 11.6 Å². The first-order valence-corrected chi connectivity index (χ1v) is 11.1. The van der Waals surface area contributed by atoms with E-state index in [9.17, 15) is 41.6 Å². The number of hydrogen-bond donors (Lipinski definition) is 1. The first kappa shape index (κ1) is 30.0. The molecule has 0 unspecified atom stereocenters. The number of benzene rings is 1. The summed E-state index contributed by atoms with van der Waals surface area (Å²) < 4.78 is 92.5. The van der Waals surface area contributed by atoms with Crippen LogP contribution in [0.5, 0.6) is 17.2 Å². The van der Waals surface area contributed by atoms with E-state index >= 15 is 0 Å². The standard InChI is InChI=1S/C23H14ClF6N5O5/c24-17-13(7-32)3-11(20(25)26)5-15(17)40-18-19(23(29,30)22(27)28)33-10-34(21(18)37)8-14-4-12(6-31)16(9-35(14)38)39-2-1-36/h3-5,9-10,20,22,36H,1-2,8H2. The first-order valence-electron chi connectivity index (χ1n) is 10.7. The molecule has 0 radical (unpaired) electrons. The van der Waals surface area contributed by atoms with Crippen LogP contribution in [0.1, 0.15) is 34.5 Å². The van der Waals surface area contributed by atoms with Crippen molar-refractivity contribution in [1.29, 1.82) is 10.5 Å². The third kappa shape index (κ3) is 6.03. The maximum atomic E-state index is 14.4. The summed E-state index contributed by atoms with van der Waals surface area (Å²) >= 11 is 5.93. The van der Waals surface area contributed by atoms with Crippen molar-refractivity contribution < 1.29 is 45.7 Å². The Balaban J connectivity index is 2.19. The molecule has 0 amide bonds. The second-order valence-electron chi connectivity index (χ2n) is 7.73. The molecule has 2 aromatic heterocycles. The lowest BCUT2D eigenvalue weighted by atomic mass is 10.1. The average Bonchev–Trinajstić information content (AvgIpc) is 2.91. The number of pyridine rings is 1. The average molecular weight is 590 g/mol. The third-order valence-electron chi connectivity index (χ3n) is 5.13. The summed E-state index contributed by atoms with van der Waals surface area (Å²) in [5, 5.41) is 39.1. The highest BCUT2D eigenvalue weighted by Crippen LogP contribution is 2.41. The highest BCUT2D eigenvalue weighted by Gasteiger charge is 2.48. The second kappa shape index (κ2) is 12.1. The Hall–Kier alpha value is -4.54. The third-order valence-corrected chi connectivity index (χ3v) is 5.52. The minimum Gasteiger partial charge on any atom is -0.618 e. The number of hydrogen-bond acceptors (Lipinski definition) is 8. The van der Waals surface area contributed by atoms with E-state index in [1.54, 1.807) is 6.07 Å². The van der Waals surface area contributed by atoms with Gasteiger partial charge in [0.1, 0.15) is 41.6 Å². The summed E-state index contributed by atoms with van der Waals surface area (Å²) in [6.45, 7) is -1.47. The van der Waals surface area contributed by atoms with Crippen LogP contribution in [0.15, 0.2) is 35.5 Å². The zero-order chi connectivity index (χ0) is 29.8. The van der Waals surface area contributed by atoms with Gasteiger partial charge in [-0.1, -0.05) is 11.6 Å². The summed E-state index contributed by atoms with van der Waals surface area (Å²) in [4.78, 5) is 16.4. The minimum atomic E-state index is -5.07. The SMILES string of the molecule is N#Cc1cc(Cn2cnc(C(F)(F)C(F)F)c(Oc3cc(C(F)F)cc(C#N)c3Cl)c2=O)[n+]([O-])cc1OCCO. The Kier molecular flexibility index (Phi) is 9.08. The Bertz CT molecular complexity index is 1570. The van der Waals surface area contributed by atoms with Gasteiger partial charge in [-0.3, -0.25) is 9.36 Å². The van der Waals surface area contributed by atoms with Crippen molar-refractivity contribution in [2.24, 2.45) is 0 Å². The second-order valence-corrected chi connectivity index (χ2v) is 8.10. The van der Waals surface area contributed by atoms with E-state index in [1.807, 2.05) is 0 Å². The van der Waals surface area contributed by atoms with Crippen LogP contribution in [0.3, 0.4) is 0 Å². The molecular formula is C23H14ClF6N5O5. The molecule has 0 spiro atoms. The van der Waals surface area contributed by atoms with Gasteiger partial charge < -0.3 is 19.8 Å². The predicted octanol–water partition coefficient (Wildman–Crippen LogP) is 3.78. The summed E-state index contributed by atoms with van der Waals surface area (Å²) in [6.07, 6.45) is -6.40. The summed E-state index contributed by atoms with van der Waals surface area (Å²) in [6, 6.07) is 5.35. The number of ether oxygens (including phenoxy) is 2. The lowest BCUT2D eigenvalue weighted by Crippen LogP contribution is -2.36. The molecular weight excluding hydrogens is 576 g/mol. The zero-order valence-corrected chi connectivity index (χ0v) is 20.4. The fraction of sp³-hybridized carbons (Fsp3) is 0.261. The molecule has 0 saturated carbocycles. The largest absolute Gasteiger partial charge is 0.618 e. The van der Waals surface area contributed by atoms with Crippen molar-refractivity contribution in [3.63, 3.8) is 0 Å². The van der Waals surface area contributed by atoms with Gasteiger partial charge in [-0.05, 0) is 12.1 Å². The normalized spacial score (nSPS) is 11.4. The number of rotatable bonds is 10. The number of aliphatic hydroxyl groups is 1. The molecule has 0 saturated heterocycles. The molecule has 210 valence electrons. The lowest BCUT2D eigenvalue weighted by Gasteiger charge is -2.19. The number of halogens is 7. The van der Waals surface area contributed by atoms with Crippen molar-refractivity contribution in [2.45, 2.75) is 25.3 Å². The van der Waals surface area contributed by atoms with Crippen molar-refractivity contribution in [2.75, 3.05) is 13.2 Å². The number of aliphatic hydroxyl groups excluding tert-OH is 1. The lowest BCUT2D eigenvalue weighted by molar-refractivity contribution is -0.614. The number of nitrogens with zero attached hydrogens (tertiary/aromatic N) is 5. The van der Waals surface area contributed by atoms with Crippen LogP contribution in [-0.2, 0) is 12.5 Å². The van der Waals surface area contributed by atoms with E-state index in [4.69, 9.17) is 31.4 Å². The van der Waals surface area contributed by atoms with E-state index < -0.39 is 70.8 Å². The first-order chi connectivity index (χ1) is 18.8. The Morgan fingerprint density at radius 3 is 2.40 bits per heavy atom. The van der Waals surface area contributed by atoms with Crippen molar-refractivity contribution in [3.05, 3.63) is 79.4 Å². The molecule has 0 aliphatic heterocycles. The van der Waals surface area contributed by atoms with Gasteiger partial charge in [0.2, 0.25) is 23.4 Å². The molecule has 1 aromatic carbocycles. The molecule has 17 heteroatoms. The van der Waals surface area contributed by atoms with Crippen LogP contribution in [0.4, 0.5) is 26.3 Å². The van der Waals surface area contributed by atoms with Crippen molar-refractivity contribution in [3.8, 4) is 29.4 Å². The number of aromatic nitrogens is 3. The molecule has 0 aliphatic rings. The van der Waals surface area contributed by atoms with E-state index in [1.165, 1.54) is 6.07 Å². The van der Waals surface area contributed by atoms with Gasteiger partial charge in [-0.15, -0.1) is 0 Å². The van der Waals surface area contributed by atoms with E-state index in [2.05, 4.69) is 4.98 Å². The Morgan fingerprint density at radius 2 is 1.82 bits per heavy atom. The summed E-state index contributed by atoms with van der Waals surface area (Å²) in [5.74, 6) is -7.75. The van der Waals surface area contributed by atoms with Crippen LogP contribution in [0.2, 0.25) is 5.02 Å². The van der Waals surface area contributed by atoms with E-state index in [-0.39, 0.29) is 28.3 Å². The molecule has 0 bridgehead atoms. The quantitative estimate of drug-likeness (QED) is 0.213. The highest BCUT2D eigenvalue weighted by atomic mass is 35.5. The van der Waals surface area contributed by atoms with Gasteiger partial charge in [-0.2, -0.15) is 24.0 Å². The molecule has 10 nitrogen and oxygen atoms in total. The van der Waals surface area contributed by atoms with E-state index in [0.717, 1.165) is 12.3 Å². The van der Waals surface area contributed by atoms with Gasteiger partial charge in [0.05, 0.1) is 18.5 Å². The molecule has 3 aromatic rings. The molecule has 3 rings (SSSR count). The molecule has 0 aliphatic carbocycles. The zero-order valence-electron chi connectivity index (χ0n) is 19.6. The smallest absolute Gasteiger partial charge is 0.352 e. The Labute approximate surface area is 225 Å². The number of alkyl halides is 6. The predicted molar refractivity (Wildman–Crippen MR) is 121 cm³/mol. The molecule has 1 N–H and O–H groups in total. The molecule has 2 heterocycles.